The van der Waals surface area contributed by atoms with Gasteiger partial charge in [-0.2, -0.15) is 11.3 Å². The number of rotatable bonds is 5. The molecule has 4 heteroatoms. The fourth-order valence-electron chi connectivity index (χ4n) is 1.68. The Morgan fingerprint density at radius 2 is 2.17 bits per heavy atom. The third-order valence-corrected chi connectivity index (χ3v) is 3.42. The molecule has 0 saturated carbocycles. The largest absolute Gasteiger partial charge is 0.497 e. The molecule has 0 unspecified atom stereocenters. The van der Waals surface area contributed by atoms with E-state index in [-0.39, 0.29) is 6.04 Å². The molecule has 2 N–H and O–H groups in total. The van der Waals surface area contributed by atoms with Crippen LogP contribution in [0.5, 0.6) is 11.5 Å². The predicted molar refractivity (Wildman–Crippen MR) is 74.2 cm³/mol. The zero-order valence-electron chi connectivity index (χ0n) is 10.6. The second-order valence-corrected chi connectivity index (χ2v) is 4.89. The fourth-order valence-corrected chi connectivity index (χ4v) is 2.33. The van der Waals surface area contributed by atoms with Gasteiger partial charge in [0.25, 0.3) is 0 Å². The number of thiophene rings is 1. The number of benzene rings is 1. The Labute approximate surface area is 111 Å². The first-order chi connectivity index (χ1) is 8.70. The third-order valence-electron chi connectivity index (χ3n) is 2.69. The molecule has 0 fully saturated rings. The van der Waals surface area contributed by atoms with Crippen LogP contribution in [0.3, 0.4) is 0 Å². The first-order valence-corrected chi connectivity index (χ1v) is 6.72. The third kappa shape index (κ3) is 3.03. The van der Waals surface area contributed by atoms with Crippen molar-refractivity contribution in [1.29, 1.82) is 0 Å². The van der Waals surface area contributed by atoms with E-state index >= 15 is 0 Å². The Morgan fingerprint density at radius 3 is 2.78 bits per heavy atom. The summed E-state index contributed by atoms with van der Waals surface area (Å²) in [6, 6.07) is 7.72. The lowest BCUT2D eigenvalue weighted by Crippen LogP contribution is -2.08. The maximum atomic E-state index is 5.94. The van der Waals surface area contributed by atoms with Crippen LogP contribution in [0.1, 0.15) is 24.1 Å². The van der Waals surface area contributed by atoms with E-state index in [0.717, 1.165) is 17.1 Å². The molecule has 2 aromatic rings. The maximum absolute atomic E-state index is 5.94. The standard InChI is InChI=1S/C14H17NO2S/c1-10(15)13-4-3-12(16-2)7-14(13)17-8-11-5-6-18-9-11/h3-7,9-10H,8,15H2,1-2H3/t10-/m1/s1. The van der Waals surface area contributed by atoms with E-state index in [2.05, 4.69) is 11.4 Å². The molecular weight excluding hydrogens is 246 g/mol. The monoisotopic (exact) mass is 263 g/mol. The van der Waals surface area contributed by atoms with Crippen molar-refractivity contribution < 1.29 is 9.47 Å². The Hall–Kier alpha value is -1.52. The van der Waals surface area contributed by atoms with Crippen LogP contribution in [-0.4, -0.2) is 7.11 Å². The van der Waals surface area contributed by atoms with Crippen molar-refractivity contribution >= 4 is 11.3 Å². The van der Waals surface area contributed by atoms with Gasteiger partial charge in [-0.15, -0.1) is 0 Å². The summed E-state index contributed by atoms with van der Waals surface area (Å²) in [6.45, 7) is 2.50. The molecule has 1 heterocycles. The smallest absolute Gasteiger partial charge is 0.128 e. The molecule has 1 atom stereocenters. The van der Waals surface area contributed by atoms with E-state index in [4.69, 9.17) is 15.2 Å². The minimum atomic E-state index is -0.0617. The molecule has 3 nitrogen and oxygen atoms in total. The normalized spacial score (nSPS) is 12.2. The van der Waals surface area contributed by atoms with E-state index in [1.54, 1.807) is 18.4 Å². The Kier molecular flexibility index (Phi) is 4.23. The number of methoxy groups -OCH3 is 1. The van der Waals surface area contributed by atoms with Crippen LogP contribution < -0.4 is 15.2 Å². The summed E-state index contributed by atoms with van der Waals surface area (Å²) >= 11 is 1.66. The molecule has 18 heavy (non-hydrogen) atoms. The zero-order valence-corrected chi connectivity index (χ0v) is 11.4. The lowest BCUT2D eigenvalue weighted by Gasteiger charge is -2.15. The lowest BCUT2D eigenvalue weighted by molar-refractivity contribution is 0.299. The van der Waals surface area contributed by atoms with E-state index in [1.807, 2.05) is 30.5 Å². The van der Waals surface area contributed by atoms with Crippen molar-refractivity contribution in [2.24, 2.45) is 5.73 Å². The second kappa shape index (κ2) is 5.89. The van der Waals surface area contributed by atoms with Gasteiger partial charge in [-0.3, -0.25) is 0 Å². The summed E-state index contributed by atoms with van der Waals surface area (Å²) in [5, 5.41) is 4.11. The number of ether oxygens (including phenoxy) is 2. The number of nitrogens with two attached hydrogens (primary N) is 1. The van der Waals surface area contributed by atoms with Crippen molar-refractivity contribution in [3.63, 3.8) is 0 Å². The molecule has 0 amide bonds. The van der Waals surface area contributed by atoms with Gasteiger partial charge >= 0.3 is 0 Å². The first kappa shape index (κ1) is 12.9. The highest BCUT2D eigenvalue weighted by Gasteiger charge is 2.10. The van der Waals surface area contributed by atoms with Crippen LogP contribution in [0.4, 0.5) is 0 Å². The fraction of sp³-hybridized carbons (Fsp3) is 0.286. The van der Waals surface area contributed by atoms with Crippen molar-refractivity contribution in [3.05, 3.63) is 46.2 Å². The molecule has 0 aliphatic carbocycles. The molecule has 1 aromatic heterocycles. The van der Waals surface area contributed by atoms with Crippen LogP contribution in [0.15, 0.2) is 35.0 Å². The van der Waals surface area contributed by atoms with Crippen molar-refractivity contribution in [2.45, 2.75) is 19.6 Å². The van der Waals surface area contributed by atoms with Gasteiger partial charge in [-0.25, -0.2) is 0 Å². The van der Waals surface area contributed by atoms with E-state index in [0.29, 0.717) is 6.61 Å². The second-order valence-electron chi connectivity index (χ2n) is 4.11. The lowest BCUT2D eigenvalue weighted by atomic mass is 10.1. The molecule has 1 aromatic carbocycles. The van der Waals surface area contributed by atoms with Gasteiger partial charge in [0.05, 0.1) is 7.11 Å². The molecule has 2 rings (SSSR count). The summed E-state index contributed by atoms with van der Waals surface area (Å²) < 4.78 is 11.0. The number of hydrogen-bond donors (Lipinski definition) is 1. The first-order valence-electron chi connectivity index (χ1n) is 5.78. The van der Waals surface area contributed by atoms with Crippen LogP contribution in [0, 0.1) is 0 Å². The molecule has 0 bridgehead atoms. The number of hydrogen-bond acceptors (Lipinski definition) is 4. The summed E-state index contributed by atoms with van der Waals surface area (Å²) in [4.78, 5) is 0. The highest BCUT2D eigenvalue weighted by atomic mass is 32.1. The molecule has 0 radical (unpaired) electrons. The van der Waals surface area contributed by atoms with Gasteiger partial charge < -0.3 is 15.2 Å². The van der Waals surface area contributed by atoms with Crippen LogP contribution in [0.25, 0.3) is 0 Å². The average Bonchev–Trinajstić information content (AvgIpc) is 2.88. The van der Waals surface area contributed by atoms with Gasteiger partial charge in [0.1, 0.15) is 18.1 Å². The molecular formula is C14H17NO2S. The van der Waals surface area contributed by atoms with Crippen LogP contribution in [-0.2, 0) is 6.61 Å². The van der Waals surface area contributed by atoms with E-state index < -0.39 is 0 Å². The van der Waals surface area contributed by atoms with Crippen LogP contribution >= 0.6 is 11.3 Å². The van der Waals surface area contributed by atoms with Gasteiger partial charge in [0.15, 0.2) is 0 Å². The Morgan fingerprint density at radius 1 is 1.33 bits per heavy atom. The van der Waals surface area contributed by atoms with Crippen molar-refractivity contribution in [1.82, 2.24) is 0 Å². The van der Waals surface area contributed by atoms with E-state index in [9.17, 15) is 0 Å². The summed E-state index contributed by atoms with van der Waals surface area (Å²) in [5.41, 5.74) is 8.09. The topological polar surface area (TPSA) is 44.5 Å². The quantitative estimate of drug-likeness (QED) is 0.899. The molecule has 0 saturated heterocycles. The van der Waals surface area contributed by atoms with Crippen molar-refractivity contribution in [3.8, 4) is 11.5 Å². The van der Waals surface area contributed by atoms with E-state index in [1.165, 1.54) is 5.56 Å². The Balaban J connectivity index is 2.18. The summed E-state index contributed by atoms with van der Waals surface area (Å²) in [6.07, 6.45) is 0. The van der Waals surface area contributed by atoms with Gasteiger partial charge in [-0.05, 0) is 35.4 Å². The van der Waals surface area contributed by atoms with Gasteiger partial charge in [0, 0.05) is 17.7 Å². The molecule has 96 valence electrons. The van der Waals surface area contributed by atoms with Crippen molar-refractivity contribution in [2.75, 3.05) is 7.11 Å². The van der Waals surface area contributed by atoms with Crippen LogP contribution in [0.2, 0.25) is 0 Å². The summed E-state index contributed by atoms with van der Waals surface area (Å²) in [7, 11) is 1.64. The minimum absolute atomic E-state index is 0.0617. The molecule has 0 spiro atoms. The average molecular weight is 263 g/mol. The Bertz CT molecular complexity index is 495. The summed E-state index contributed by atoms with van der Waals surface area (Å²) in [5.74, 6) is 1.57. The maximum Gasteiger partial charge on any atom is 0.128 e. The predicted octanol–water partition coefficient (Wildman–Crippen LogP) is 3.36. The molecule has 0 aliphatic rings. The molecule has 0 aliphatic heterocycles. The SMILES string of the molecule is COc1ccc([C@@H](C)N)c(OCc2ccsc2)c1. The highest BCUT2D eigenvalue weighted by Crippen LogP contribution is 2.29. The zero-order chi connectivity index (χ0) is 13.0. The van der Waals surface area contributed by atoms with Gasteiger partial charge in [-0.1, -0.05) is 6.07 Å². The minimum Gasteiger partial charge on any atom is -0.497 e. The highest BCUT2D eigenvalue weighted by molar-refractivity contribution is 7.07. The van der Waals surface area contributed by atoms with Gasteiger partial charge in [0.2, 0.25) is 0 Å².